The van der Waals surface area contributed by atoms with Crippen LogP contribution >= 0.6 is 0 Å². The van der Waals surface area contributed by atoms with Gasteiger partial charge in [-0.1, -0.05) is 19.1 Å². The van der Waals surface area contributed by atoms with Crippen LogP contribution in [0.3, 0.4) is 0 Å². The lowest BCUT2D eigenvalue weighted by Gasteiger charge is -2.27. The van der Waals surface area contributed by atoms with Gasteiger partial charge < -0.3 is 9.84 Å². The predicted octanol–water partition coefficient (Wildman–Crippen LogP) is 3.42. The number of aromatic carboxylic acids is 1. The molecule has 2 rings (SSSR count). The van der Waals surface area contributed by atoms with Crippen LogP contribution in [-0.4, -0.2) is 41.2 Å². The minimum atomic E-state index is -0.940. The van der Waals surface area contributed by atoms with Gasteiger partial charge >= 0.3 is 5.97 Å². The lowest BCUT2D eigenvalue weighted by Crippen LogP contribution is -2.35. The summed E-state index contributed by atoms with van der Waals surface area (Å²) in [6.45, 7) is 6.12. The number of ether oxygens (including phenoxy) is 1. The number of carboxylic acid groups (broad SMARTS) is 1. The molecule has 1 aliphatic heterocycles. The standard InChI is InChI=1S/C17H25NO3/c1-3-14-10-9-13(2)18(14)11-6-12-21-16-8-5-4-7-15(16)17(19)20/h4-5,7-8,13-14H,3,6,9-12H2,1-2H3,(H,19,20). The van der Waals surface area contributed by atoms with Gasteiger partial charge in [0.2, 0.25) is 0 Å². The molecule has 1 heterocycles. The second kappa shape index (κ2) is 7.46. The zero-order chi connectivity index (χ0) is 15.2. The van der Waals surface area contributed by atoms with E-state index in [4.69, 9.17) is 9.84 Å². The fourth-order valence-corrected chi connectivity index (χ4v) is 3.17. The normalized spacial score (nSPS) is 22.4. The molecule has 0 radical (unpaired) electrons. The Morgan fingerprint density at radius 3 is 2.86 bits per heavy atom. The van der Waals surface area contributed by atoms with Crippen LogP contribution in [0.15, 0.2) is 24.3 Å². The third-order valence-electron chi connectivity index (χ3n) is 4.36. The summed E-state index contributed by atoms with van der Waals surface area (Å²) in [6, 6.07) is 8.17. The van der Waals surface area contributed by atoms with Crippen LogP contribution in [0.25, 0.3) is 0 Å². The second-order valence-corrected chi connectivity index (χ2v) is 5.73. The molecule has 0 bridgehead atoms. The Bertz CT molecular complexity index is 475. The van der Waals surface area contributed by atoms with Crippen LogP contribution in [0, 0.1) is 0 Å². The van der Waals surface area contributed by atoms with Gasteiger partial charge in [0.1, 0.15) is 11.3 Å². The van der Waals surface area contributed by atoms with Gasteiger partial charge in [-0.2, -0.15) is 0 Å². The molecule has 1 aromatic rings. The summed E-state index contributed by atoms with van der Waals surface area (Å²) in [4.78, 5) is 13.7. The lowest BCUT2D eigenvalue weighted by atomic mass is 10.1. The number of carbonyl (C=O) groups is 1. The molecule has 0 saturated carbocycles. The van der Waals surface area contributed by atoms with Crippen LogP contribution in [0.1, 0.15) is 49.9 Å². The van der Waals surface area contributed by atoms with E-state index in [0.717, 1.165) is 13.0 Å². The molecular weight excluding hydrogens is 266 g/mol. The molecule has 0 amide bonds. The van der Waals surface area contributed by atoms with Crippen molar-refractivity contribution in [3.63, 3.8) is 0 Å². The monoisotopic (exact) mass is 291 g/mol. The number of nitrogens with zero attached hydrogens (tertiary/aromatic N) is 1. The molecule has 0 aliphatic carbocycles. The first-order valence-electron chi connectivity index (χ1n) is 7.84. The SMILES string of the molecule is CCC1CCC(C)N1CCCOc1ccccc1C(=O)O. The van der Waals surface area contributed by atoms with Crippen LogP contribution in [0.4, 0.5) is 0 Å². The van der Waals surface area contributed by atoms with E-state index >= 15 is 0 Å². The van der Waals surface area contributed by atoms with E-state index in [0.29, 0.717) is 24.4 Å². The maximum absolute atomic E-state index is 11.1. The molecule has 1 saturated heterocycles. The Hall–Kier alpha value is -1.55. The first kappa shape index (κ1) is 15.8. The van der Waals surface area contributed by atoms with Crippen molar-refractivity contribution in [3.05, 3.63) is 29.8 Å². The minimum absolute atomic E-state index is 0.235. The smallest absolute Gasteiger partial charge is 0.339 e. The van der Waals surface area contributed by atoms with Crippen molar-refractivity contribution in [3.8, 4) is 5.75 Å². The molecule has 21 heavy (non-hydrogen) atoms. The lowest BCUT2D eigenvalue weighted by molar-refractivity contribution is 0.0692. The molecule has 1 fully saturated rings. The molecule has 0 aromatic heterocycles. The number of benzene rings is 1. The summed E-state index contributed by atoms with van der Waals surface area (Å²) in [5.41, 5.74) is 0.235. The first-order chi connectivity index (χ1) is 10.1. The Balaban J connectivity index is 1.81. The quantitative estimate of drug-likeness (QED) is 0.782. The first-order valence-corrected chi connectivity index (χ1v) is 7.84. The molecule has 1 aliphatic rings. The molecular formula is C17H25NO3. The predicted molar refractivity (Wildman–Crippen MR) is 83.0 cm³/mol. The third-order valence-corrected chi connectivity index (χ3v) is 4.36. The van der Waals surface area contributed by atoms with Gasteiger partial charge in [-0.05, 0) is 44.7 Å². The van der Waals surface area contributed by atoms with Crippen molar-refractivity contribution < 1.29 is 14.6 Å². The van der Waals surface area contributed by atoms with E-state index in [9.17, 15) is 4.79 Å². The van der Waals surface area contributed by atoms with Crippen LogP contribution < -0.4 is 4.74 Å². The summed E-state index contributed by atoms with van der Waals surface area (Å²) in [7, 11) is 0. The van der Waals surface area contributed by atoms with Gasteiger partial charge in [0.05, 0.1) is 6.61 Å². The number of hydrogen-bond donors (Lipinski definition) is 1. The number of hydrogen-bond acceptors (Lipinski definition) is 3. The summed E-state index contributed by atoms with van der Waals surface area (Å²) < 4.78 is 5.65. The topological polar surface area (TPSA) is 49.8 Å². The van der Waals surface area contributed by atoms with E-state index in [1.807, 2.05) is 0 Å². The third kappa shape index (κ3) is 3.97. The molecule has 1 aromatic carbocycles. The fourth-order valence-electron chi connectivity index (χ4n) is 3.17. The molecule has 0 spiro atoms. The molecule has 2 unspecified atom stereocenters. The summed E-state index contributed by atoms with van der Waals surface area (Å²) in [5, 5.41) is 9.11. The summed E-state index contributed by atoms with van der Waals surface area (Å²) in [6.07, 6.45) is 4.70. The van der Waals surface area contributed by atoms with E-state index in [1.165, 1.54) is 19.3 Å². The molecule has 4 nitrogen and oxygen atoms in total. The zero-order valence-electron chi connectivity index (χ0n) is 12.9. The van der Waals surface area contributed by atoms with Gasteiger partial charge in [0, 0.05) is 18.6 Å². The Labute approximate surface area is 126 Å². The van der Waals surface area contributed by atoms with Crippen molar-refractivity contribution in [2.45, 2.75) is 51.6 Å². The van der Waals surface area contributed by atoms with Gasteiger partial charge in [-0.3, -0.25) is 4.90 Å². The zero-order valence-corrected chi connectivity index (χ0v) is 12.9. The van der Waals surface area contributed by atoms with E-state index < -0.39 is 5.97 Å². The molecule has 1 N–H and O–H groups in total. The van der Waals surface area contributed by atoms with Gasteiger partial charge in [0.25, 0.3) is 0 Å². The van der Waals surface area contributed by atoms with Gasteiger partial charge in [-0.25, -0.2) is 4.79 Å². The molecule has 2 atom stereocenters. The van der Waals surface area contributed by atoms with E-state index in [-0.39, 0.29) is 5.56 Å². The van der Waals surface area contributed by atoms with Crippen molar-refractivity contribution in [1.29, 1.82) is 0 Å². The minimum Gasteiger partial charge on any atom is -0.493 e. The Morgan fingerprint density at radius 1 is 1.38 bits per heavy atom. The summed E-state index contributed by atoms with van der Waals surface area (Å²) >= 11 is 0. The highest BCUT2D eigenvalue weighted by atomic mass is 16.5. The molecule has 4 heteroatoms. The maximum atomic E-state index is 11.1. The summed E-state index contributed by atoms with van der Waals surface area (Å²) in [5.74, 6) is -0.476. The average Bonchev–Trinajstić information content (AvgIpc) is 2.84. The molecule has 116 valence electrons. The highest BCUT2D eigenvalue weighted by molar-refractivity contribution is 5.90. The second-order valence-electron chi connectivity index (χ2n) is 5.73. The fraction of sp³-hybridized carbons (Fsp3) is 0.588. The Kier molecular flexibility index (Phi) is 5.62. The van der Waals surface area contributed by atoms with Gasteiger partial charge in [0.15, 0.2) is 0 Å². The maximum Gasteiger partial charge on any atom is 0.339 e. The number of para-hydroxylation sites is 1. The number of rotatable bonds is 7. The van der Waals surface area contributed by atoms with Gasteiger partial charge in [-0.15, -0.1) is 0 Å². The van der Waals surface area contributed by atoms with Crippen molar-refractivity contribution in [1.82, 2.24) is 4.90 Å². The number of carboxylic acids is 1. The highest BCUT2D eigenvalue weighted by Gasteiger charge is 2.28. The van der Waals surface area contributed by atoms with Crippen LogP contribution in [0.2, 0.25) is 0 Å². The van der Waals surface area contributed by atoms with Crippen LogP contribution in [-0.2, 0) is 0 Å². The van der Waals surface area contributed by atoms with Crippen LogP contribution in [0.5, 0.6) is 5.75 Å². The van der Waals surface area contributed by atoms with E-state index in [1.54, 1.807) is 24.3 Å². The largest absolute Gasteiger partial charge is 0.493 e. The highest BCUT2D eigenvalue weighted by Crippen LogP contribution is 2.26. The van der Waals surface area contributed by atoms with Crippen molar-refractivity contribution >= 4 is 5.97 Å². The number of likely N-dealkylation sites (tertiary alicyclic amines) is 1. The van der Waals surface area contributed by atoms with Crippen molar-refractivity contribution in [2.24, 2.45) is 0 Å². The van der Waals surface area contributed by atoms with E-state index in [2.05, 4.69) is 18.7 Å². The van der Waals surface area contributed by atoms with Crippen molar-refractivity contribution in [2.75, 3.05) is 13.2 Å². The Morgan fingerprint density at radius 2 is 2.14 bits per heavy atom. The average molecular weight is 291 g/mol.